The lowest BCUT2D eigenvalue weighted by atomic mass is 9.48. The number of rotatable bonds is 1. The fourth-order valence-corrected chi connectivity index (χ4v) is 3.68. The first kappa shape index (κ1) is 10.4. The molecule has 0 aliphatic heterocycles. The van der Waals surface area contributed by atoms with E-state index < -0.39 is 0 Å². The van der Waals surface area contributed by atoms with Crippen LogP contribution in [-0.2, 0) is 6.42 Å². The standard InChI is InChI=1S/C16H17NO/c1-16(2)10-8-12(16)11-5-6-13(17-14(11)9-10)15-4-3-7-18-15/h3-7,10,12H,8-9H2,1-2H3/t10-,12+/m1/s1. The van der Waals surface area contributed by atoms with Crippen LogP contribution in [0.2, 0.25) is 0 Å². The Bertz CT molecular complexity index is 598. The van der Waals surface area contributed by atoms with Crippen molar-refractivity contribution in [2.24, 2.45) is 11.3 Å². The normalized spacial score (nSPS) is 27.4. The van der Waals surface area contributed by atoms with E-state index in [-0.39, 0.29) is 0 Å². The highest BCUT2D eigenvalue weighted by molar-refractivity contribution is 5.54. The molecular weight excluding hydrogens is 222 g/mol. The maximum absolute atomic E-state index is 5.43. The molecule has 2 bridgehead atoms. The van der Waals surface area contributed by atoms with Crippen LogP contribution in [0.15, 0.2) is 34.9 Å². The summed E-state index contributed by atoms with van der Waals surface area (Å²) in [5, 5.41) is 0. The number of hydrogen-bond acceptors (Lipinski definition) is 2. The van der Waals surface area contributed by atoms with Gasteiger partial charge in [0, 0.05) is 5.69 Å². The molecule has 0 spiro atoms. The van der Waals surface area contributed by atoms with Crippen LogP contribution in [0, 0.1) is 11.3 Å². The smallest absolute Gasteiger partial charge is 0.152 e. The zero-order valence-corrected chi connectivity index (χ0v) is 10.8. The van der Waals surface area contributed by atoms with E-state index in [1.807, 2.05) is 12.1 Å². The summed E-state index contributed by atoms with van der Waals surface area (Å²) >= 11 is 0. The number of hydrogen-bond donors (Lipinski definition) is 0. The molecule has 92 valence electrons. The van der Waals surface area contributed by atoms with E-state index in [4.69, 9.17) is 9.40 Å². The van der Waals surface area contributed by atoms with Gasteiger partial charge in [0.25, 0.3) is 0 Å². The highest BCUT2D eigenvalue weighted by atomic mass is 16.3. The Kier molecular flexibility index (Phi) is 1.87. The summed E-state index contributed by atoms with van der Waals surface area (Å²) in [4.78, 5) is 4.81. The Hall–Kier alpha value is -1.57. The average molecular weight is 239 g/mol. The average Bonchev–Trinajstić information content (AvgIpc) is 2.91. The van der Waals surface area contributed by atoms with Crippen LogP contribution >= 0.6 is 0 Å². The molecule has 0 radical (unpaired) electrons. The molecule has 2 nitrogen and oxygen atoms in total. The van der Waals surface area contributed by atoms with Gasteiger partial charge in [0.05, 0.1) is 6.26 Å². The first-order valence-electron chi connectivity index (χ1n) is 6.70. The quantitative estimate of drug-likeness (QED) is 0.751. The molecule has 3 aliphatic carbocycles. The van der Waals surface area contributed by atoms with Crippen LogP contribution in [0.1, 0.15) is 37.4 Å². The first-order chi connectivity index (χ1) is 8.66. The van der Waals surface area contributed by atoms with Gasteiger partial charge in [-0.25, -0.2) is 4.98 Å². The second-order valence-electron chi connectivity index (χ2n) is 6.22. The van der Waals surface area contributed by atoms with Crippen LogP contribution in [0.3, 0.4) is 0 Å². The maximum Gasteiger partial charge on any atom is 0.152 e. The zero-order valence-electron chi connectivity index (χ0n) is 10.8. The Morgan fingerprint density at radius 2 is 2.17 bits per heavy atom. The number of aromatic nitrogens is 1. The molecule has 5 rings (SSSR count). The van der Waals surface area contributed by atoms with Crippen LogP contribution in [0.4, 0.5) is 0 Å². The Morgan fingerprint density at radius 3 is 2.89 bits per heavy atom. The molecule has 0 aromatic carbocycles. The summed E-state index contributed by atoms with van der Waals surface area (Å²) in [5.74, 6) is 2.40. The minimum absolute atomic E-state index is 0.473. The van der Waals surface area contributed by atoms with Gasteiger partial charge in [-0.3, -0.25) is 0 Å². The summed E-state index contributed by atoms with van der Waals surface area (Å²) in [6, 6.07) is 8.26. The number of furan rings is 1. The fourth-order valence-electron chi connectivity index (χ4n) is 3.68. The third-order valence-corrected chi connectivity index (χ3v) is 5.07. The molecule has 2 atom stereocenters. The van der Waals surface area contributed by atoms with Gasteiger partial charge >= 0.3 is 0 Å². The number of nitrogens with zero attached hydrogens (tertiary/aromatic N) is 1. The van der Waals surface area contributed by atoms with Crippen LogP contribution < -0.4 is 0 Å². The molecule has 0 unspecified atom stereocenters. The molecule has 18 heavy (non-hydrogen) atoms. The SMILES string of the molecule is CC1(C)[C@H]2Cc3nc(-c4ccco4)ccc3[C@@H]1C2. The predicted octanol–water partition coefficient (Wildman–Crippen LogP) is 4.03. The largest absolute Gasteiger partial charge is 0.463 e. The topological polar surface area (TPSA) is 26.0 Å². The van der Waals surface area contributed by atoms with E-state index in [1.165, 1.54) is 17.7 Å². The van der Waals surface area contributed by atoms with Crippen molar-refractivity contribution in [3.8, 4) is 11.5 Å². The Morgan fingerprint density at radius 1 is 1.28 bits per heavy atom. The Balaban J connectivity index is 1.79. The maximum atomic E-state index is 5.43. The van der Waals surface area contributed by atoms with E-state index in [9.17, 15) is 0 Å². The first-order valence-corrected chi connectivity index (χ1v) is 6.70. The van der Waals surface area contributed by atoms with Crippen molar-refractivity contribution in [3.05, 3.63) is 41.8 Å². The third-order valence-electron chi connectivity index (χ3n) is 5.07. The molecule has 1 fully saturated rings. The van der Waals surface area contributed by atoms with Gasteiger partial charge in [0.2, 0.25) is 0 Å². The van der Waals surface area contributed by atoms with Gasteiger partial charge in [-0.1, -0.05) is 19.9 Å². The molecular formula is C16H17NO. The van der Waals surface area contributed by atoms with Crippen LogP contribution in [0.25, 0.3) is 11.5 Å². The summed E-state index contributed by atoms with van der Waals surface area (Å²) in [5.41, 5.74) is 4.21. The minimum Gasteiger partial charge on any atom is -0.463 e. The van der Waals surface area contributed by atoms with E-state index in [1.54, 1.807) is 6.26 Å². The van der Waals surface area contributed by atoms with Gasteiger partial charge in [-0.15, -0.1) is 0 Å². The molecule has 3 aliphatic rings. The van der Waals surface area contributed by atoms with Crippen molar-refractivity contribution in [1.82, 2.24) is 4.98 Å². The lowest BCUT2D eigenvalue weighted by molar-refractivity contribution is 0.0170. The summed E-state index contributed by atoms with van der Waals surface area (Å²) < 4.78 is 5.43. The third kappa shape index (κ3) is 1.21. The highest BCUT2D eigenvalue weighted by Crippen LogP contribution is 2.61. The van der Waals surface area contributed by atoms with E-state index in [0.717, 1.165) is 23.8 Å². The molecule has 2 aromatic heterocycles. The molecule has 2 heteroatoms. The van der Waals surface area contributed by atoms with Gasteiger partial charge in [0.1, 0.15) is 5.69 Å². The molecule has 1 saturated carbocycles. The van der Waals surface area contributed by atoms with E-state index >= 15 is 0 Å². The van der Waals surface area contributed by atoms with Crippen molar-refractivity contribution >= 4 is 0 Å². The molecule has 0 amide bonds. The fraction of sp³-hybridized carbons (Fsp3) is 0.438. The minimum atomic E-state index is 0.473. The molecule has 2 aromatic rings. The summed E-state index contributed by atoms with van der Waals surface area (Å²) in [7, 11) is 0. The van der Waals surface area contributed by atoms with Crippen LogP contribution in [-0.4, -0.2) is 4.98 Å². The lowest BCUT2D eigenvalue weighted by Gasteiger charge is -2.56. The van der Waals surface area contributed by atoms with Crippen molar-refractivity contribution in [3.63, 3.8) is 0 Å². The van der Waals surface area contributed by atoms with Crippen LogP contribution in [0.5, 0.6) is 0 Å². The van der Waals surface area contributed by atoms with Gasteiger partial charge in [-0.2, -0.15) is 0 Å². The number of pyridine rings is 1. The molecule has 2 heterocycles. The predicted molar refractivity (Wildman–Crippen MR) is 70.3 cm³/mol. The summed E-state index contributed by atoms with van der Waals surface area (Å²) in [6.45, 7) is 4.80. The van der Waals surface area contributed by atoms with Crippen molar-refractivity contribution in [1.29, 1.82) is 0 Å². The highest BCUT2D eigenvalue weighted by Gasteiger charge is 2.52. The lowest BCUT2D eigenvalue weighted by Crippen LogP contribution is -2.48. The van der Waals surface area contributed by atoms with Crippen molar-refractivity contribution < 1.29 is 4.42 Å². The molecule has 0 N–H and O–H groups in total. The van der Waals surface area contributed by atoms with Gasteiger partial charge < -0.3 is 4.42 Å². The van der Waals surface area contributed by atoms with E-state index in [2.05, 4.69) is 26.0 Å². The Labute approximate surface area is 107 Å². The van der Waals surface area contributed by atoms with Gasteiger partial charge in [0.15, 0.2) is 5.76 Å². The van der Waals surface area contributed by atoms with Crippen molar-refractivity contribution in [2.75, 3.05) is 0 Å². The van der Waals surface area contributed by atoms with Gasteiger partial charge in [-0.05, 0) is 53.9 Å². The second kappa shape index (κ2) is 3.25. The molecule has 0 saturated heterocycles. The summed E-state index contributed by atoms with van der Waals surface area (Å²) in [6.07, 6.45) is 4.19. The second-order valence-corrected chi connectivity index (χ2v) is 6.22. The van der Waals surface area contributed by atoms with Crippen molar-refractivity contribution in [2.45, 2.75) is 32.6 Å². The monoisotopic (exact) mass is 239 g/mol. The van der Waals surface area contributed by atoms with E-state index in [0.29, 0.717) is 11.3 Å². The zero-order chi connectivity index (χ0) is 12.3.